The molecule has 0 N–H and O–H groups in total. The lowest BCUT2D eigenvalue weighted by Crippen LogP contribution is -2.44. The Kier molecular flexibility index (Phi) is 6.60. The molecule has 9 nitrogen and oxygen atoms in total. The van der Waals surface area contributed by atoms with E-state index in [2.05, 4.69) is 47.7 Å². The molecule has 3 aromatic rings. The zero-order valence-electron chi connectivity index (χ0n) is 19.3. The van der Waals surface area contributed by atoms with Crippen LogP contribution in [0.3, 0.4) is 0 Å². The van der Waals surface area contributed by atoms with Gasteiger partial charge >= 0.3 is 0 Å². The lowest BCUT2D eigenvalue weighted by atomic mass is 10.1. The Morgan fingerprint density at radius 3 is 2.91 bits per heavy atom. The summed E-state index contributed by atoms with van der Waals surface area (Å²) < 4.78 is 14.9. The summed E-state index contributed by atoms with van der Waals surface area (Å²) in [6.45, 7) is 12.4. The maximum atomic E-state index is 9.35. The number of rotatable bonds is 8. The van der Waals surface area contributed by atoms with E-state index in [1.54, 1.807) is 15.6 Å². The van der Waals surface area contributed by atoms with Crippen molar-refractivity contribution < 1.29 is 9.47 Å². The van der Waals surface area contributed by atoms with Crippen molar-refractivity contribution in [2.45, 2.75) is 51.8 Å². The lowest BCUT2D eigenvalue weighted by molar-refractivity contribution is 0.0785. The first-order chi connectivity index (χ1) is 15.4. The van der Waals surface area contributed by atoms with E-state index in [0.29, 0.717) is 37.8 Å². The predicted molar refractivity (Wildman–Crippen MR) is 126 cm³/mol. The summed E-state index contributed by atoms with van der Waals surface area (Å²) in [4.78, 5) is 7.15. The maximum absolute atomic E-state index is 9.35. The van der Waals surface area contributed by atoms with E-state index in [-0.39, 0.29) is 6.04 Å². The van der Waals surface area contributed by atoms with Crippen LogP contribution in [0.2, 0.25) is 25.7 Å². The highest BCUT2D eigenvalue weighted by Crippen LogP contribution is 2.27. The van der Waals surface area contributed by atoms with Crippen LogP contribution in [0.4, 0.5) is 5.82 Å². The van der Waals surface area contributed by atoms with Crippen molar-refractivity contribution in [2.24, 2.45) is 0 Å². The smallest absolute Gasteiger partial charge is 0.177 e. The average Bonchev–Trinajstić information content (AvgIpc) is 3.38. The van der Waals surface area contributed by atoms with E-state index < -0.39 is 8.07 Å². The summed E-state index contributed by atoms with van der Waals surface area (Å²) in [7, 11) is -1.11. The molecule has 0 aromatic carbocycles. The molecule has 4 rings (SSSR count). The van der Waals surface area contributed by atoms with Crippen LogP contribution in [0.15, 0.2) is 24.5 Å². The van der Waals surface area contributed by atoms with Crippen LogP contribution in [0.5, 0.6) is 0 Å². The number of morpholine rings is 1. The fourth-order valence-corrected chi connectivity index (χ4v) is 4.49. The molecule has 1 aliphatic heterocycles. The zero-order valence-corrected chi connectivity index (χ0v) is 20.3. The minimum absolute atomic E-state index is 0.215. The second-order valence-electron chi connectivity index (χ2n) is 9.45. The minimum atomic E-state index is -1.11. The summed E-state index contributed by atoms with van der Waals surface area (Å²) in [6, 6.07) is 7.52. The topological polar surface area (TPSA) is 94.0 Å². The number of aromatic nitrogens is 5. The molecule has 170 valence electrons. The van der Waals surface area contributed by atoms with Crippen LogP contribution in [0.1, 0.15) is 12.5 Å². The molecule has 0 spiro atoms. The Hall–Kier alpha value is -2.74. The van der Waals surface area contributed by atoms with Crippen molar-refractivity contribution in [3.8, 4) is 11.9 Å². The Morgan fingerprint density at radius 2 is 2.16 bits per heavy atom. The van der Waals surface area contributed by atoms with Gasteiger partial charge in [0.25, 0.3) is 0 Å². The summed E-state index contributed by atoms with van der Waals surface area (Å²) in [5, 5.41) is 19.4. The molecule has 0 aliphatic carbocycles. The normalized spacial score (nSPS) is 17.1. The number of ether oxygens (including phenoxy) is 2. The third-order valence-electron chi connectivity index (χ3n) is 5.61. The molecule has 4 heterocycles. The van der Waals surface area contributed by atoms with Gasteiger partial charge in [-0.15, -0.1) is 0 Å². The van der Waals surface area contributed by atoms with Crippen LogP contribution in [-0.4, -0.2) is 65.0 Å². The lowest BCUT2D eigenvalue weighted by Gasteiger charge is -2.34. The van der Waals surface area contributed by atoms with E-state index in [4.69, 9.17) is 14.5 Å². The number of pyridine rings is 1. The molecule has 1 aliphatic rings. The second kappa shape index (κ2) is 9.40. The molecule has 0 amide bonds. The maximum Gasteiger partial charge on any atom is 0.177 e. The number of fused-ring (bicyclic) bond motifs is 1. The highest BCUT2D eigenvalue weighted by Gasteiger charge is 2.23. The Balaban J connectivity index is 1.61. The third-order valence-corrected chi connectivity index (χ3v) is 7.31. The van der Waals surface area contributed by atoms with Gasteiger partial charge < -0.3 is 14.4 Å². The number of nitrogens with zero attached hydrogens (tertiary/aromatic N) is 7. The molecular weight excluding hydrogens is 422 g/mol. The number of hydrogen-bond donors (Lipinski definition) is 0. The Labute approximate surface area is 189 Å². The van der Waals surface area contributed by atoms with E-state index in [0.717, 1.165) is 36.0 Å². The standard InChI is InChI=1S/C22H31N7O2Si/c1-17-15-30-10-9-28(17)21-13-18(5-7-23)19-14-24-29(22(19)25-21)20-6-8-27(26-20)16-31-11-12-32(2,3)4/h6,8,13-14,17H,5,9-12,15-16H2,1-4H3/t17-/m1/s1. The van der Waals surface area contributed by atoms with E-state index in [1.165, 1.54) is 0 Å². The molecule has 3 aromatic heterocycles. The van der Waals surface area contributed by atoms with Gasteiger partial charge in [0.2, 0.25) is 0 Å². The van der Waals surface area contributed by atoms with Gasteiger partial charge in [-0.3, -0.25) is 0 Å². The average molecular weight is 454 g/mol. The van der Waals surface area contributed by atoms with Gasteiger partial charge in [0.15, 0.2) is 11.5 Å². The molecule has 0 unspecified atom stereocenters. The van der Waals surface area contributed by atoms with Crippen LogP contribution in [-0.2, 0) is 22.6 Å². The highest BCUT2D eigenvalue weighted by atomic mass is 28.3. The first-order valence-corrected chi connectivity index (χ1v) is 14.8. The molecule has 1 fully saturated rings. The van der Waals surface area contributed by atoms with Gasteiger partial charge in [-0.1, -0.05) is 19.6 Å². The SMILES string of the molecule is C[C@@H]1COCCN1c1cc(CC#N)c2cnn(-c3ccn(COCC[Si](C)(C)C)n3)c2n1. The molecule has 10 heteroatoms. The van der Waals surface area contributed by atoms with E-state index >= 15 is 0 Å². The summed E-state index contributed by atoms with van der Waals surface area (Å²) >= 11 is 0. The predicted octanol–water partition coefficient (Wildman–Crippen LogP) is 3.22. The van der Waals surface area contributed by atoms with Crippen molar-refractivity contribution in [1.29, 1.82) is 5.26 Å². The molecule has 32 heavy (non-hydrogen) atoms. The van der Waals surface area contributed by atoms with Crippen LogP contribution in [0, 0.1) is 11.3 Å². The highest BCUT2D eigenvalue weighted by molar-refractivity contribution is 6.76. The number of nitriles is 1. The Bertz CT molecular complexity index is 1110. The first kappa shape index (κ1) is 22.5. The molecule has 1 saturated heterocycles. The number of hydrogen-bond acceptors (Lipinski definition) is 7. The van der Waals surface area contributed by atoms with Crippen LogP contribution in [0.25, 0.3) is 16.9 Å². The quantitative estimate of drug-likeness (QED) is 0.382. The summed E-state index contributed by atoms with van der Waals surface area (Å²) in [6.07, 6.45) is 3.96. The molecule has 0 radical (unpaired) electrons. The van der Waals surface area contributed by atoms with Gasteiger partial charge in [-0.25, -0.2) is 9.67 Å². The van der Waals surface area contributed by atoms with Crippen molar-refractivity contribution in [2.75, 3.05) is 31.3 Å². The summed E-state index contributed by atoms with van der Waals surface area (Å²) in [5.74, 6) is 1.52. The molecule has 0 saturated carbocycles. The minimum Gasteiger partial charge on any atom is -0.377 e. The van der Waals surface area contributed by atoms with Crippen molar-refractivity contribution in [3.05, 3.63) is 30.1 Å². The second-order valence-corrected chi connectivity index (χ2v) is 15.1. The van der Waals surface area contributed by atoms with Gasteiger partial charge in [-0.05, 0) is 24.6 Å². The monoisotopic (exact) mass is 453 g/mol. The fraction of sp³-hybridized carbons (Fsp3) is 0.545. The third kappa shape index (κ3) is 5.01. The van der Waals surface area contributed by atoms with Crippen molar-refractivity contribution in [1.82, 2.24) is 24.5 Å². The van der Waals surface area contributed by atoms with Gasteiger partial charge in [0, 0.05) is 38.9 Å². The molecule has 1 atom stereocenters. The zero-order chi connectivity index (χ0) is 22.7. The van der Waals surface area contributed by atoms with Gasteiger partial charge in [0.05, 0.1) is 37.9 Å². The van der Waals surface area contributed by atoms with Gasteiger partial charge in [0.1, 0.15) is 12.5 Å². The first-order valence-electron chi connectivity index (χ1n) is 11.1. The largest absolute Gasteiger partial charge is 0.377 e. The fourth-order valence-electron chi connectivity index (χ4n) is 3.74. The number of anilines is 1. The summed E-state index contributed by atoms with van der Waals surface area (Å²) in [5.41, 5.74) is 1.63. The Morgan fingerprint density at radius 1 is 1.31 bits per heavy atom. The van der Waals surface area contributed by atoms with Crippen LogP contribution < -0.4 is 4.90 Å². The molecular formula is C22H31N7O2Si. The van der Waals surface area contributed by atoms with Gasteiger partial charge in [-0.2, -0.15) is 20.1 Å². The van der Waals surface area contributed by atoms with Crippen molar-refractivity contribution in [3.63, 3.8) is 0 Å². The van der Waals surface area contributed by atoms with Crippen molar-refractivity contribution >= 4 is 24.9 Å². The van der Waals surface area contributed by atoms with E-state index in [1.807, 2.05) is 18.3 Å². The van der Waals surface area contributed by atoms with Crippen LogP contribution >= 0.6 is 0 Å². The van der Waals surface area contributed by atoms with E-state index in [9.17, 15) is 5.26 Å². The molecule has 0 bridgehead atoms.